The van der Waals surface area contributed by atoms with Crippen LogP contribution in [-0.4, -0.2) is 79.5 Å². The van der Waals surface area contributed by atoms with Gasteiger partial charge in [0.05, 0.1) is 0 Å². The maximum Gasteiger partial charge on any atom is 0.243 e. The molecule has 1 unspecified atom stereocenters. The number of guanidine groups is 1. The summed E-state index contributed by atoms with van der Waals surface area (Å²) in [6, 6.07) is 8.87. The van der Waals surface area contributed by atoms with E-state index in [0.29, 0.717) is 12.0 Å². The lowest BCUT2D eigenvalue weighted by molar-refractivity contribution is -0.127. The van der Waals surface area contributed by atoms with E-state index < -0.39 is 0 Å². The summed E-state index contributed by atoms with van der Waals surface area (Å²) in [5.41, 5.74) is 2.44. The lowest BCUT2D eigenvalue weighted by Crippen LogP contribution is -2.45. The summed E-state index contributed by atoms with van der Waals surface area (Å²) in [7, 11) is 3.51. The van der Waals surface area contributed by atoms with Gasteiger partial charge in [0.1, 0.15) is 6.54 Å². The maximum absolute atomic E-state index is 12.0. The van der Waals surface area contributed by atoms with Gasteiger partial charge in [-0.15, -0.1) is 24.0 Å². The Morgan fingerprint density at radius 2 is 2.10 bits per heavy atom. The van der Waals surface area contributed by atoms with E-state index in [1.165, 1.54) is 30.3 Å². The number of halogens is 1. The number of likely N-dealkylation sites (tertiary alicyclic amines) is 1. The molecule has 2 aromatic rings. The molecule has 0 bridgehead atoms. The van der Waals surface area contributed by atoms with Gasteiger partial charge in [0.15, 0.2) is 5.96 Å². The zero-order valence-corrected chi connectivity index (χ0v) is 20.6. The first-order valence-electron chi connectivity index (χ1n) is 10.6. The van der Waals surface area contributed by atoms with E-state index in [9.17, 15) is 4.79 Å². The number of amides is 1. The van der Waals surface area contributed by atoms with E-state index in [0.717, 1.165) is 31.6 Å². The molecule has 1 amide bonds. The van der Waals surface area contributed by atoms with E-state index in [2.05, 4.69) is 56.8 Å². The minimum absolute atomic E-state index is 0. The number of nitrogens with zero attached hydrogens (tertiary/aromatic N) is 3. The molecule has 1 atom stereocenters. The Hall–Kier alpha value is -1.81. The molecule has 30 heavy (non-hydrogen) atoms. The van der Waals surface area contributed by atoms with E-state index in [1.807, 2.05) is 6.07 Å². The normalized spacial score (nSPS) is 17.0. The van der Waals surface area contributed by atoms with Crippen LogP contribution >= 0.6 is 24.0 Å². The fraction of sp³-hybridized carbons (Fsp3) is 0.545. The van der Waals surface area contributed by atoms with Gasteiger partial charge in [-0.05, 0) is 44.0 Å². The van der Waals surface area contributed by atoms with Crippen molar-refractivity contribution in [2.24, 2.45) is 4.99 Å². The van der Waals surface area contributed by atoms with Crippen LogP contribution in [0.4, 0.5) is 0 Å². The first-order chi connectivity index (χ1) is 14.1. The Bertz CT molecular complexity index is 834. The monoisotopic (exact) mass is 526 g/mol. The van der Waals surface area contributed by atoms with Crippen molar-refractivity contribution in [1.29, 1.82) is 0 Å². The minimum Gasteiger partial charge on any atom is -0.361 e. The second-order valence-corrected chi connectivity index (χ2v) is 7.79. The fourth-order valence-corrected chi connectivity index (χ4v) is 3.87. The van der Waals surface area contributed by atoms with Crippen molar-refractivity contribution >= 4 is 46.7 Å². The molecule has 1 aliphatic rings. The van der Waals surface area contributed by atoms with Gasteiger partial charge in [-0.2, -0.15) is 0 Å². The van der Waals surface area contributed by atoms with Gasteiger partial charge in [-0.25, -0.2) is 4.99 Å². The summed E-state index contributed by atoms with van der Waals surface area (Å²) in [6.07, 6.45) is 5.42. The molecular weight excluding hydrogens is 491 g/mol. The predicted molar refractivity (Wildman–Crippen MR) is 135 cm³/mol. The van der Waals surface area contributed by atoms with E-state index >= 15 is 0 Å². The van der Waals surface area contributed by atoms with Gasteiger partial charge in [-0.3, -0.25) is 9.69 Å². The molecular formula is C22H35IN6O. The Morgan fingerprint density at radius 3 is 2.87 bits per heavy atom. The number of aliphatic imine (C=N–C) groups is 1. The SMILES string of the molecule is CCN1CCCC1CNC(=NCC(=O)N(C)C)NCCc1c[nH]c2ccccc12.I. The summed E-state index contributed by atoms with van der Waals surface area (Å²) in [5, 5.41) is 8.12. The van der Waals surface area contributed by atoms with Crippen LogP contribution in [0.2, 0.25) is 0 Å². The Labute approximate surface area is 196 Å². The molecule has 3 rings (SSSR count). The highest BCUT2D eigenvalue weighted by Gasteiger charge is 2.22. The molecule has 0 spiro atoms. The number of aromatic amines is 1. The third-order valence-electron chi connectivity index (χ3n) is 5.64. The fourth-order valence-electron chi connectivity index (χ4n) is 3.87. The first kappa shape index (κ1) is 24.5. The summed E-state index contributed by atoms with van der Waals surface area (Å²) in [4.78, 5) is 23.9. The highest BCUT2D eigenvalue weighted by Crippen LogP contribution is 2.18. The number of aromatic nitrogens is 1. The van der Waals surface area contributed by atoms with Crippen molar-refractivity contribution in [1.82, 2.24) is 25.4 Å². The molecule has 1 aromatic heterocycles. The van der Waals surface area contributed by atoms with Crippen LogP contribution < -0.4 is 10.6 Å². The lowest BCUT2D eigenvalue weighted by atomic mass is 10.1. The van der Waals surface area contributed by atoms with Crippen LogP contribution in [-0.2, 0) is 11.2 Å². The molecule has 0 aliphatic carbocycles. The average Bonchev–Trinajstić information content (AvgIpc) is 3.36. The number of carbonyl (C=O) groups is 1. The quantitative estimate of drug-likeness (QED) is 0.281. The van der Waals surface area contributed by atoms with Gasteiger partial charge in [-0.1, -0.05) is 25.1 Å². The van der Waals surface area contributed by atoms with Crippen molar-refractivity contribution < 1.29 is 4.79 Å². The minimum atomic E-state index is -0.00113. The number of likely N-dealkylation sites (N-methyl/N-ethyl adjacent to an activating group) is 2. The smallest absolute Gasteiger partial charge is 0.243 e. The molecule has 7 nitrogen and oxygen atoms in total. The van der Waals surface area contributed by atoms with Crippen LogP contribution in [0.5, 0.6) is 0 Å². The van der Waals surface area contributed by atoms with E-state index in [1.54, 1.807) is 19.0 Å². The Balaban J connectivity index is 0.00000320. The third-order valence-corrected chi connectivity index (χ3v) is 5.64. The Kier molecular flexibility index (Phi) is 9.90. The highest BCUT2D eigenvalue weighted by atomic mass is 127. The van der Waals surface area contributed by atoms with Crippen LogP contribution in [0.1, 0.15) is 25.3 Å². The van der Waals surface area contributed by atoms with Gasteiger partial charge >= 0.3 is 0 Å². The van der Waals surface area contributed by atoms with Crippen LogP contribution in [0, 0.1) is 0 Å². The molecule has 1 aromatic carbocycles. The topological polar surface area (TPSA) is 75.8 Å². The van der Waals surface area contributed by atoms with Crippen molar-refractivity contribution in [3.8, 4) is 0 Å². The number of hydrogen-bond donors (Lipinski definition) is 3. The van der Waals surface area contributed by atoms with Gasteiger partial charge in [0.2, 0.25) is 5.91 Å². The Morgan fingerprint density at radius 1 is 1.30 bits per heavy atom. The van der Waals surface area contributed by atoms with Gasteiger partial charge in [0.25, 0.3) is 0 Å². The third kappa shape index (κ3) is 6.60. The second-order valence-electron chi connectivity index (χ2n) is 7.79. The van der Waals surface area contributed by atoms with E-state index in [-0.39, 0.29) is 36.4 Å². The standard InChI is InChI=1S/C22H34N6O.HI/c1-4-28-13-7-8-18(28)15-25-22(26-16-21(29)27(2)3)23-12-11-17-14-24-20-10-6-5-9-19(17)20;/h5-6,9-10,14,18,24H,4,7-8,11-13,15-16H2,1-3H3,(H2,23,25,26);1H. The lowest BCUT2D eigenvalue weighted by Gasteiger charge is -2.24. The first-order valence-corrected chi connectivity index (χ1v) is 10.6. The van der Waals surface area contributed by atoms with Crippen molar-refractivity contribution in [3.05, 3.63) is 36.0 Å². The van der Waals surface area contributed by atoms with Crippen molar-refractivity contribution in [2.75, 3.05) is 46.8 Å². The molecule has 1 fully saturated rings. The zero-order valence-electron chi connectivity index (χ0n) is 18.3. The second kappa shape index (κ2) is 12.1. The number of carbonyl (C=O) groups excluding carboxylic acids is 1. The molecule has 1 aliphatic heterocycles. The number of nitrogens with one attached hydrogen (secondary N) is 3. The largest absolute Gasteiger partial charge is 0.361 e. The van der Waals surface area contributed by atoms with E-state index in [4.69, 9.17) is 0 Å². The van der Waals surface area contributed by atoms with Crippen molar-refractivity contribution in [3.63, 3.8) is 0 Å². The molecule has 1 saturated heterocycles. The number of H-pyrrole nitrogens is 1. The number of hydrogen-bond acceptors (Lipinski definition) is 3. The highest BCUT2D eigenvalue weighted by molar-refractivity contribution is 14.0. The van der Waals surface area contributed by atoms with Crippen molar-refractivity contribution in [2.45, 2.75) is 32.2 Å². The molecule has 3 N–H and O–H groups in total. The zero-order chi connectivity index (χ0) is 20.6. The summed E-state index contributed by atoms with van der Waals surface area (Å²) < 4.78 is 0. The number of benzene rings is 1. The number of rotatable bonds is 8. The molecule has 0 saturated carbocycles. The molecule has 2 heterocycles. The summed E-state index contributed by atoms with van der Waals surface area (Å²) >= 11 is 0. The predicted octanol–water partition coefficient (Wildman–Crippen LogP) is 2.44. The number of para-hydroxylation sites is 1. The van der Waals surface area contributed by atoms with Crippen LogP contribution in [0.15, 0.2) is 35.5 Å². The van der Waals surface area contributed by atoms with Crippen LogP contribution in [0.25, 0.3) is 10.9 Å². The molecule has 8 heteroatoms. The molecule has 0 radical (unpaired) electrons. The maximum atomic E-state index is 12.0. The summed E-state index contributed by atoms with van der Waals surface area (Å²) in [5.74, 6) is 0.710. The summed E-state index contributed by atoms with van der Waals surface area (Å²) in [6.45, 7) is 6.21. The average molecular weight is 526 g/mol. The van der Waals surface area contributed by atoms with Crippen LogP contribution in [0.3, 0.4) is 0 Å². The number of fused-ring (bicyclic) bond motifs is 1. The van der Waals surface area contributed by atoms with Gasteiger partial charge in [0, 0.05) is 50.3 Å². The molecule has 166 valence electrons. The van der Waals surface area contributed by atoms with Gasteiger partial charge < -0.3 is 20.5 Å².